The molecule has 0 heterocycles. The molecule has 2 N–H and O–H groups in total. The predicted molar refractivity (Wildman–Crippen MR) is 67.4 cm³/mol. The van der Waals surface area contributed by atoms with Crippen molar-refractivity contribution in [3.05, 3.63) is 44.8 Å². The second-order valence-corrected chi connectivity index (χ2v) is 4.63. The first-order chi connectivity index (χ1) is 7.36. The first-order valence-electron chi connectivity index (χ1n) is 4.92. The number of nitrogens with two attached hydrogens (primary N) is 1. The van der Waals surface area contributed by atoms with Crippen LogP contribution in [0.25, 0.3) is 0 Å². The van der Waals surface area contributed by atoms with Gasteiger partial charge in [-0.2, -0.15) is 0 Å². The molecular weight excluding hydrogens is 248 g/mol. The summed E-state index contributed by atoms with van der Waals surface area (Å²) >= 11 is 11.9. The van der Waals surface area contributed by atoms with Crippen molar-refractivity contribution in [1.29, 1.82) is 0 Å². The smallest absolute Gasteiger partial charge is 0.142 e. The van der Waals surface area contributed by atoms with Crippen LogP contribution in [0, 0.1) is 5.82 Å². The maximum atomic E-state index is 13.3. The summed E-state index contributed by atoms with van der Waals surface area (Å²) in [7, 11) is 0. The fourth-order valence-corrected chi connectivity index (χ4v) is 2.20. The topological polar surface area (TPSA) is 26.0 Å². The highest BCUT2D eigenvalue weighted by Gasteiger charge is 2.18. The van der Waals surface area contributed by atoms with E-state index in [9.17, 15) is 4.39 Å². The van der Waals surface area contributed by atoms with E-state index in [1.54, 1.807) is 6.92 Å². The molecule has 1 aromatic carbocycles. The van der Waals surface area contributed by atoms with Gasteiger partial charge < -0.3 is 5.73 Å². The van der Waals surface area contributed by atoms with Crippen LogP contribution in [-0.4, -0.2) is 0 Å². The Hall–Kier alpha value is -0.730. The summed E-state index contributed by atoms with van der Waals surface area (Å²) in [5, 5.41) is 0.528. The quantitative estimate of drug-likeness (QED) is 0.781. The van der Waals surface area contributed by atoms with Gasteiger partial charge in [0, 0.05) is 16.6 Å². The molecule has 0 aliphatic heterocycles. The van der Waals surface area contributed by atoms with E-state index in [0.29, 0.717) is 16.3 Å². The molecule has 4 heteroatoms. The maximum absolute atomic E-state index is 13.3. The molecule has 0 aromatic heterocycles. The van der Waals surface area contributed by atoms with Crippen molar-refractivity contribution < 1.29 is 4.39 Å². The van der Waals surface area contributed by atoms with Gasteiger partial charge in [-0.25, -0.2) is 4.39 Å². The molecule has 1 nitrogen and oxygen atoms in total. The molecule has 0 radical (unpaired) electrons. The third-order valence-corrected chi connectivity index (χ3v) is 3.50. The zero-order valence-corrected chi connectivity index (χ0v) is 11.0. The number of hydrogen-bond donors (Lipinski definition) is 1. The highest BCUT2D eigenvalue weighted by atomic mass is 35.5. The number of rotatable bonds is 2. The lowest BCUT2D eigenvalue weighted by Gasteiger charge is -2.17. The highest BCUT2D eigenvalue weighted by molar-refractivity contribution is 6.36. The summed E-state index contributed by atoms with van der Waals surface area (Å²) in [4.78, 5) is 0. The molecule has 1 rings (SSSR count). The Labute approximate surface area is 105 Å². The standard InChI is InChI=1S/C12H14Cl2FN/c1-6(8(3)16)7(2)11-9(13)4-5-10(15)12(11)14/h4-5,7H,16H2,1-3H3/b8-6+. The summed E-state index contributed by atoms with van der Waals surface area (Å²) in [6.07, 6.45) is 0. The second kappa shape index (κ2) is 5.07. The van der Waals surface area contributed by atoms with E-state index < -0.39 is 5.82 Å². The van der Waals surface area contributed by atoms with Gasteiger partial charge in [0.15, 0.2) is 0 Å². The van der Waals surface area contributed by atoms with Gasteiger partial charge in [-0.3, -0.25) is 0 Å². The summed E-state index contributed by atoms with van der Waals surface area (Å²) in [5.41, 5.74) is 7.94. The van der Waals surface area contributed by atoms with E-state index in [1.165, 1.54) is 12.1 Å². The van der Waals surface area contributed by atoms with Gasteiger partial charge in [-0.05, 0) is 37.1 Å². The molecule has 1 unspecified atom stereocenters. The molecule has 0 aliphatic rings. The van der Waals surface area contributed by atoms with Crippen LogP contribution in [0.4, 0.5) is 4.39 Å². The van der Waals surface area contributed by atoms with Crippen LogP contribution in [0.15, 0.2) is 23.4 Å². The Bertz CT molecular complexity index is 437. The van der Waals surface area contributed by atoms with Crippen LogP contribution in [-0.2, 0) is 0 Å². The molecule has 0 aliphatic carbocycles. The average Bonchev–Trinajstić information content (AvgIpc) is 2.22. The largest absolute Gasteiger partial charge is 0.402 e. The van der Waals surface area contributed by atoms with Crippen molar-refractivity contribution in [2.75, 3.05) is 0 Å². The average molecular weight is 262 g/mol. The van der Waals surface area contributed by atoms with Crippen molar-refractivity contribution in [2.45, 2.75) is 26.7 Å². The molecule has 0 saturated carbocycles. The van der Waals surface area contributed by atoms with Crippen LogP contribution in [0.2, 0.25) is 10.0 Å². The van der Waals surface area contributed by atoms with E-state index in [2.05, 4.69) is 0 Å². The normalized spacial score (nSPS) is 14.6. The van der Waals surface area contributed by atoms with Crippen molar-refractivity contribution >= 4 is 23.2 Å². The Kier molecular flexibility index (Phi) is 4.22. The number of allylic oxidation sites excluding steroid dienone is 2. The molecule has 0 fully saturated rings. The monoisotopic (exact) mass is 261 g/mol. The van der Waals surface area contributed by atoms with Crippen LogP contribution in [0.5, 0.6) is 0 Å². The summed E-state index contributed by atoms with van der Waals surface area (Å²) in [5.74, 6) is -0.559. The second-order valence-electron chi connectivity index (χ2n) is 3.84. The molecule has 0 amide bonds. The van der Waals surface area contributed by atoms with Crippen molar-refractivity contribution in [1.82, 2.24) is 0 Å². The van der Waals surface area contributed by atoms with Gasteiger partial charge in [0.05, 0.1) is 5.02 Å². The number of halogens is 3. The van der Waals surface area contributed by atoms with Gasteiger partial charge in [0.2, 0.25) is 0 Å². The Morgan fingerprint density at radius 1 is 1.31 bits per heavy atom. The lowest BCUT2D eigenvalue weighted by Crippen LogP contribution is -2.05. The van der Waals surface area contributed by atoms with Crippen molar-refractivity contribution in [2.24, 2.45) is 5.73 Å². The molecule has 1 aromatic rings. The minimum atomic E-state index is -0.463. The Morgan fingerprint density at radius 3 is 2.38 bits per heavy atom. The fraction of sp³-hybridized carbons (Fsp3) is 0.333. The first-order valence-corrected chi connectivity index (χ1v) is 5.68. The van der Waals surface area contributed by atoms with Gasteiger partial charge in [0.1, 0.15) is 5.82 Å². The van der Waals surface area contributed by atoms with Gasteiger partial charge in [-0.15, -0.1) is 0 Å². The maximum Gasteiger partial charge on any atom is 0.142 e. The molecule has 1 atom stereocenters. The zero-order valence-electron chi connectivity index (χ0n) is 9.44. The molecule has 88 valence electrons. The third-order valence-electron chi connectivity index (χ3n) is 2.78. The lowest BCUT2D eigenvalue weighted by molar-refractivity contribution is 0.624. The summed E-state index contributed by atoms with van der Waals surface area (Å²) < 4.78 is 13.3. The van der Waals surface area contributed by atoms with Gasteiger partial charge in [0.25, 0.3) is 0 Å². The van der Waals surface area contributed by atoms with E-state index >= 15 is 0 Å². The lowest BCUT2D eigenvalue weighted by atomic mass is 9.92. The van der Waals surface area contributed by atoms with Crippen molar-refractivity contribution in [3.8, 4) is 0 Å². The number of benzene rings is 1. The zero-order chi connectivity index (χ0) is 12.5. The SMILES string of the molecule is C/C(N)=C(/C)C(C)c1c(Cl)ccc(F)c1Cl. The highest BCUT2D eigenvalue weighted by Crippen LogP contribution is 2.37. The van der Waals surface area contributed by atoms with E-state index in [0.717, 1.165) is 5.57 Å². The first kappa shape index (κ1) is 13.3. The molecule has 16 heavy (non-hydrogen) atoms. The molecular formula is C12H14Cl2FN. The third kappa shape index (κ3) is 2.50. The van der Waals surface area contributed by atoms with Crippen LogP contribution in [0.3, 0.4) is 0 Å². The van der Waals surface area contributed by atoms with Gasteiger partial charge >= 0.3 is 0 Å². The molecule has 0 saturated heterocycles. The fourth-order valence-electron chi connectivity index (χ4n) is 1.50. The summed E-state index contributed by atoms with van der Waals surface area (Å²) in [6.45, 7) is 5.59. The molecule has 0 bridgehead atoms. The molecule has 0 spiro atoms. The van der Waals surface area contributed by atoms with Crippen LogP contribution < -0.4 is 5.73 Å². The Balaban J connectivity index is 3.34. The van der Waals surface area contributed by atoms with E-state index in [4.69, 9.17) is 28.9 Å². The van der Waals surface area contributed by atoms with Crippen LogP contribution >= 0.6 is 23.2 Å². The minimum absolute atomic E-state index is 0.0700. The van der Waals surface area contributed by atoms with Crippen molar-refractivity contribution in [3.63, 3.8) is 0 Å². The van der Waals surface area contributed by atoms with Crippen LogP contribution in [0.1, 0.15) is 32.3 Å². The minimum Gasteiger partial charge on any atom is -0.402 e. The van der Waals surface area contributed by atoms with E-state index in [-0.39, 0.29) is 10.9 Å². The van der Waals surface area contributed by atoms with E-state index in [1.807, 2.05) is 13.8 Å². The Morgan fingerprint density at radius 2 is 1.88 bits per heavy atom. The summed E-state index contributed by atoms with van der Waals surface area (Å²) in [6, 6.07) is 2.77. The number of hydrogen-bond acceptors (Lipinski definition) is 1. The predicted octanol–water partition coefficient (Wildman–Crippen LogP) is 4.49. The van der Waals surface area contributed by atoms with Gasteiger partial charge in [-0.1, -0.05) is 30.1 Å².